The van der Waals surface area contributed by atoms with Gasteiger partial charge in [-0.3, -0.25) is 0 Å². The first-order valence-corrected chi connectivity index (χ1v) is 6.95. The van der Waals surface area contributed by atoms with Gasteiger partial charge in [-0.1, -0.05) is 0 Å². The van der Waals surface area contributed by atoms with Gasteiger partial charge in [0.1, 0.15) is 0 Å². The van der Waals surface area contributed by atoms with Crippen molar-refractivity contribution in [3.63, 3.8) is 0 Å². The van der Waals surface area contributed by atoms with Crippen LogP contribution in [0.3, 0.4) is 0 Å². The summed E-state index contributed by atoms with van der Waals surface area (Å²) in [7, 11) is -2.27. The minimum Gasteiger partial charge on any atom is -0.374 e. The second kappa shape index (κ2) is 4.08. The van der Waals surface area contributed by atoms with Crippen molar-refractivity contribution < 1.29 is 13.3 Å². The highest BCUT2D eigenvalue weighted by Crippen LogP contribution is 2.36. The van der Waals surface area contributed by atoms with Crippen LogP contribution in [0.25, 0.3) is 0 Å². The van der Waals surface area contributed by atoms with Crippen LogP contribution >= 0.6 is 0 Å². The maximum absolute atomic E-state index is 5.91. The SMILES string of the molecule is CCO[Si]1(OCC)CCC(C)(C)O1. The zero-order valence-corrected chi connectivity index (χ0v) is 10.1. The highest BCUT2D eigenvalue weighted by Gasteiger charge is 2.51. The summed E-state index contributed by atoms with van der Waals surface area (Å²) in [6.45, 7) is 9.54. The lowest BCUT2D eigenvalue weighted by atomic mass is 10.1. The molecule has 1 heterocycles. The molecule has 1 aliphatic heterocycles. The van der Waals surface area contributed by atoms with E-state index in [1.165, 1.54) is 0 Å². The first-order chi connectivity index (χ1) is 6.04. The highest BCUT2D eigenvalue weighted by molar-refractivity contribution is 6.61. The first kappa shape index (κ1) is 11.2. The normalized spacial score (nSPS) is 24.9. The average molecular weight is 204 g/mol. The highest BCUT2D eigenvalue weighted by atomic mass is 28.4. The van der Waals surface area contributed by atoms with Crippen molar-refractivity contribution in [1.82, 2.24) is 0 Å². The molecule has 0 atom stereocenters. The van der Waals surface area contributed by atoms with Crippen LogP contribution in [0.2, 0.25) is 6.04 Å². The zero-order chi connectivity index (χ0) is 9.95. The van der Waals surface area contributed by atoms with Gasteiger partial charge in [0.05, 0.1) is 5.60 Å². The number of rotatable bonds is 4. The Morgan fingerprint density at radius 3 is 2.08 bits per heavy atom. The van der Waals surface area contributed by atoms with Gasteiger partial charge >= 0.3 is 8.80 Å². The Hall–Kier alpha value is 0.0969. The Kier molecular flexibility index (Phi) is 3.51. The molecule has 13 heavy (non-hydrogen) atoms. The third-order valence-corrected chi connectivity index (χ3v) is 5.38. The molecule has 1 fully saturated rings. The Balaban J connectivity index is 2.59. The van der Waals surface area contributed by atoms with Crippen LogP contribution in [0.1, 0.15) is 34.1 Å². The maximum Gasteiger partial charge on any atom is 0.501 e. The molecule has 0 aromatic rings. The van der Waals surface area contributed by atoms with Gasteiger partial charge in [-0.25, -0.2) is 0 Å². The van der Waals surface area contributed by atoms with Gasteiger partial charge in [0.2, 0.25) is 0 Å². The van der Waals surface area contributed by atoms with E-state index >= 15 is 0 Å². The van der Waals surface area contributed by atoms with Gasteiger partial charge < -0.3 is 13.3 Å². The topological polar surface area (TPSA) is 27.7 Å². The van der Waals surface area contributed by atoms with Crippen molar-refractivity contribution in [2.45, 2.75) is 45.8 Å². The Morgan fingerprint density at radius 1 is 1.23 bits per heavy atom. The van der Waals surface area contributed by atoms with E-state index in [1.54, 1.807) is 0 Å². The molecule has 0 amide bonds. The van der Waals surface area contributed by atoms with Crippen molar-refractivity contribution in [3.05, 3.63) is 0 Å². The van der Waals surface area contributed by atoms with Crippen molar-refractivity contribution in [2.75, 3.05) is 13.2 Å². The second-order valence-electron chi connectivity index (χ2n) is 3.91. The van der Waals surface area contributed by atoms with Crippen LogP contribution in [0.5, 0.6) is 0 Å². The lowest BCUT2D eigenvalue weighted by Crippen LogP contribution is -2.44. The van der Waals surface area contributed by atoms with Crippen LogP contribution in [-0.2, 0) is 13.3 Å². The minimum absolute atomic E-state index is 0.0590. The van der Waals surface area contributed by atoms with Crippen molar-refractivity contribution in [1.29, 1.82) is 0 Å². The molecule has 0 unspecified atom stereocenters. The molecule has 0 radical (unpaired) electrons. The summed E-state index contributed by atoms with van der Waals surface area (Å²) < 4.78 is 17.2. The van der Waals surface area contributed by atoms with E-state index in [0.29, 0.717) is 13.2 Å². The third-order valence-electron chi connectivity index (χ3n) is 2.19. The number of hydrogen-bond acceptors (Lipinski definition) is 3. The van der Waals surface area contributed by atoms with Gasteiger partial charge in [-0.05, 0) is 34.1 Å². The van der Waals surface area contributed by atoms with E-state index in [9.17, 15) is 0 Å². The van der Waals surface area contributed by atoms with E-state index in [1.807, 2.05) is 13.8 Å². The first-order valence-electron chi connectivity index (χ1n) is 5.02. The molecule has 4 heteroatoms. The average Bonchev–Trinajstić information content (AvgIpc) is 2.28. The van der Waals surface area contributed by atoms with E-state index in [0.717, 1.165) is 12.5 Å². The Bertz CT molecular complexity index is 164. The second-order valence-corrected chi connectivity index (χ2v) is 6.56. The third kappa shape index (κ3) is 2.77. The Labute approximate surface area is 81.7 Å². The molecule has 0 aromatic carbocycles. The van der Waals surface area contributed by atoms with Crippen molar-refractivity contribution in [3.8, 4) is 0 Å². The van der Waals surface area contributed by atoms with E-state index in [2.05, 4.69) is 13.8 Å². The molecule has 3 nitrogen and oxygen atoms in total. The van der Waals surface area contributed by atoms with Crippen LogP contribution in [0.15, 0.2) is 0 Å². The summed E-state index contributed by atoms with van der Waals surface area (Å²) in [4.78, 5) is 0. The van der Waals surface area contributed by atoms with Gasteiger partial charge in [0, 0.05) is 19.3 Å². The van der Waals surface area contributed by atoms with Gasteiger partial charge in [0.25, 0.3) is 0 Å². The lowest BCUT2D eigenvalue weighted by Gasteiger charge is -2.27. The smallest absolute Gasteiger partial charge is 0.374 e. The maximum atomic E-state index is 5.91. The van der Waals surface area contributed by atoms with Crippen LogP contribution in [0, 0.1) is 0 Å². The molecular formula is C9H20O3Si. The summed E-state index contributed by atoms with van der Waals surface area (Å²) >= 11 is 0. The monoisotopic (exact) mass is 204 g/mol. The zero-order valence-electron chi connectivity index (χ0n) is 9.05. The summed E-state index contributed by atoms with van der Waals surface area (Å²) in [5.41, 5.74) is -0.0590. The molecule has 1 rings (SSSR count). The minimum atomic E-state index is -2.27. The fourth-order valence-corrected chi connectivity index (χ4v) is 4.99. The predicted octanol–water partition coefficient (Wildman–Crippen LogP) is 2.20. The molecule has 0 aliphatic carbocycles. The summed E-state index contributed by atoms with van der Waals surface area (Å²) in [6.07, 6.45) is 1.04. The van der Waals surface area contributed by atoms with Gasteiger partial charge in [0.15, 0.2) is 0 Å². The molecule has 0 spiro atoms. The molecule has 0 bridgehead atoms. The quantitative estimate of drug-likeness (QED) is 0.657. The molecule has 1 aliphatic rings. The molecule has 0 aromatic heterocycles. The van der Waals surface area contributed by atoms with Crippen molar-refractivity contribution >= 4 is 8.80 Å². The van der Waals surface area contributed by atoms with E-state index < -0.39 is 8.80 Å². The summed E-state index contributed by atoms with van der Waals surface area (Å²) in [5, 5.41) is 0. The van der Waals surface area contributed by atoms with Gasteiger partial charge in [-0.2, -0.15) is 0 Å². The molecule has 1 saturated heterocycles. The summed E-state index contributed by atoms with van der Waals surface area (Å²) in [6, 6.07) is 0.960. The molecule has 0 saturated carbocycles. The molecular weight excluding hydrogens is 184 g/mol. The van der Waals surface area contributed by atoms with E-state index in [-0.39, 0.29) is 5.60 Å². The van der Waals surface area contributed by atoms with E-state index in [4.69, 9.17) is 13.3 Å². The van der Waals surface area contributed by atoms with Crippen LogP contribution < -0.4 is 0 Å². The Morgan fingerprint density at radius 2 is 1.77 bits per heavy atom. The summed E-state index contributed by atoms with van der Waals surface area (Å²) in [5.74, 6) is 0. The van der Waals surface area contributed by atoms with Crippen LogP contribution in [0.4, 0.5) is 0 Å². The standard InChI is InChI=1S/C9H20O3Si/c1-5-10-13(11-6-2)8-7-9(3,4)12-13/h5-8H2,1-4H3. The van der Waals surface area contributed by atoms with Gasteiger partial charge in [-0.15, -0.1) is 0 Å². The lowest BCUT2D eigenvalue weighted by molar-refractivity contribution is 0.0238. The fourth-order valence-electron chi connectivity index (χ4n) is 1.66. The fraction of sp³-hybridized carbons (Fsp3) is 1.00. The van der Waals surface area contributed by atoms with Crippen LogP contribution in [-0.4, -0.2) is 27.6 Å². The predicted molar refractivity (Wildman–Crippen MR) is 53.6 cm³/mol. The van der Waals surface area contributed by atoms with Crippen molar-refractivity contribution in [2.24, 2.45) is 0 Å². The molecule has 0 N–H and O–H groups in total. The molecule has 78 valence electrons. The largest absolute Gasteiger partial charge is 0.501 e. The number of hydrogen-bond donors (Lipinski definition) is 0.